The Morgan fingerprint density at radius 2 is 1.54 bits per heavy atom. The monoisotopic (exact) mass is 194 g/mol. The lowest BCUT2D eigenvalue weighted by Crippen LogP contribution is -2.44. The molecule has 0 aromatic carbocycles. The van der Waals surface area contributed by atoms with Crippen molar-refractivity contribution in [3.63, 3.8) is 0 Å². The van der Waals surface area contributed by atoms with Crippen molar-refractivity contribution in [2.24, 2.45) is 23.7 Å². The number of hydrogen-bond acceptors (Lipinski definition) is 0. The minimum Gasteiger partial charge on any atom is -0.157 e. The van der Waals surface area contributed by atoms with E-state index in [2.05, 4.69) is 23.2 Å². The van der Waals surface area contributed by atoms with Gasteiger partial charge in [0.05, 0.1) is 0 Å². The molecule has 0 heterocycles. The van der Waals surface area contributed by atoms with Crippen LogP contribution in [0.1, 0.15) is 39.0 Å². The molecule has 0 saturated heterocycles. The highest BCUT2D eigenvalue weighted by atomic mass is 32.1. The van der Waals surface area contributed by atoms with E-state index in [0.29, 0.717) is 0 Å². The summed E-state index contributed by atoms with van der Waals surface area (Å²) in [6.45, 7) is 2.18. The summed E-state index contributed by atoms with van der Waals surface area (Å²) in [5, 5.41) is 2.29. The van der Waals surface area contributed by atoms with E-state index in [1.54, 1.807) is 6.42 Å². The van der Waals surface area contributed by atoms with E-state index in [0.717, 1.165) is 23.7 Å². The lowest BCUT2D eigenvalue weighted by molar-refractivity contribution is 0.112. The first-order chi connectivity index (χ1) is 6.36. The maximum Gasteiger partial charge on any atom is -0.00984 e. The third kappa shape index (κ3) is 1.24. The molecular weight excluding hydrogens is 176 g/mol. The molecule has 4 aliphatic rings. The molecule has 0 aromatic rings. The second-order valence-electron chi connectivity index (χ2n) is 5.06. The summed E-state index contributed by atoms with van der Waals surface area (Å²) < 4.78 is 0. The summed E-state index contributed by atoms with van der Waals surface area (Å²) >= 11 is 0. The average Bonchev–Trinajstić information content (AvgIpc) is 2.10. The molecule has 0 spiro atoms. The summed E-state index contributed by atoms with van der Waals surface area (Å²) in [4.78, 5) is 1.86. The molecule has 4 saturated carbocycles. The summed E-state index contributed by atoms with van der Waals surface area (Å²) in [5.41, 5.74) is 0. The van der Waals surface area contributed by atoms with Gasteiger partial charge in [0, 0.05) is 0 Å². The molecule has 0 N–H and O–H groups in total. The van der Waals surface area contributed by atoms with Crippen LogP contribution in [-0.4, -0.2) is 10.2 Å². The second kappa shape index (κ2) is 2.98. The van der Waals surface area contributed by atoms with Gasteiger partial charge in [-0.05, 0) is 72.9 Å². The highest BCUT2D eigenvalue weighted by Crippen LogP contribution is 2.52. The van der Waals surface area contributed by atoms with Crippen molar-refractivity contribution in [3.8, 4) is 0 Å². The molecule has 13 heavy (non-hydrogen) atoms. The molecule has 0 aromatic heterocycles. The van der Waals surface area contributed by atoms with Crippen molar-refractivity contribution in [1.29, 1.82) is 0 Å². The van der Waals surface area contributed by atoms with E-state index in [9.17, 15) is 0 Å². The standard InChI is InChI=1S/C12H18S/c1-2-13-12-10-4-8-3-9(6-10)7-11(12)5-8/h2,8-11H,3-7H2,1H3. The zero-order valence-electron chi connectivity index (χ0n) is 8.33. The zero-order chi connectivity index (χ0) is 8.84. The fraction of sp³-hybridized carbons (Fsp3) is 0.833. The van der Waals surface area contributed by atoms with Gasteiger partial charge in [0.15, 0.2) is 0 Å². The fourth-order valence-corrected chi connectivity index (χ4v) is 5.02. The fourth-order valence-electron chi connectivity index (χ4n) is 3.98. The molecule has 4 bridgehead atoms. The maximum absolute atomic E-state index is 2.29. The topological polar surface area (TPSA) is 0 Å². The van der Waals surface area contributed by atoms with Crippen LogP contribution in [0.25, 0.3) is 0 Å². The molecular formula is C12H18S. The molecule has 4 aliphatic carbocycles. The number of rotatable bonds is 0. The van der Waals surface area contributed by atoms with Gasteiger partial charge in [-0.1, -0.05) is 0 Å². The largest absolute Gasteiger partial charge is 0.157 e. The molecule has 4 rings (SSSR count). The van der Waals surface area contributed by atoms with E-state index < -0.39 is 0 Å². The van der Waals surface area contributed by atoms with Crippen LogP contribution in [0.3, 0.4) is 0 Å². The highest BCUT2D eigenvalue weighted by molar-refractivity contribution is 7.97. The minimum absolute atomic E-state index is 1.01. The Balaban J connectivity index is 1.98. The quantitative estimate of drug-likeness (QED) is 0.520. The molecule has 4 fully saturated rings. The van der Waals surface area contributed by atoms with Gasteiger partial charge in [0.1, 0.15) is 0 Å². The lowest BCUT2D eigenvalue weighted by atomic mass is 9.56. The molecule has 0 unspecified atom stereocenters. The van der Waals surface area contributed by atoms with Crippen LogP contribution in [0.15, 0.2) is 0 Å². The predicted octanol–water partition coefficient (Wildman–Crippen LogP) is 3.17. The van der Waals surface area contributed by atoms with Gasteiger partial charge in [-0.15, -0.1) is 0 Å². The van der Waals surface area contributed by atoms with Crippen LogP contribution >= 0.6 is 10.9 Å². The van der Waals surface area contributed by atoms with Gasteiger partial charge in [-0.25, -0.2) is 0 Å². The van der Waals surface area contributed by atoms with E-state index in [1.807, 2.05) is 4.86 Å². The van der Waals surface area contributed by atoms with E-state index in [4.69, 9.17) is 0 Å². The van der Waals surface area contributed by atoms with Gasteiger partial charge in [-0.3, -0.25) is 0 Å². The molecule has 0 aliphatic heterocycles. The van der Waals surface area contributed by atoms with E-state index in [-0.39, 0.29) is 0 Å². The van der Waals surface area contributed by atoms with Crippen LogP contribution in [0.2, 0.25) is 0 Å². The molecule has 0 atom stereocenters. The van der Waals surface area contributed by atoms with Gasteiger partial charge in [0.2, 0.25) is 0 Å². The molecule has 72 valence electrons. The van der Waals surface area contributed by atoms with E-state index in [1.165, 1.54) is 25.7 Å². The summed E-state index contributed by atoms with van der Waals surface area (Å²) in [5.74, 6) is 4.25. The average molecular weight is 194 g/mol. The molecule has 1 heteroatoms. The van der Waals surface area contributed by atoms with Crippen molar-refractivity contribution >= 4 is 21.2 Å². The SMILES string of the molecule is CC=S=C1C2CC3CC(C2)CC1C3. The first kappa shape index (κ1) is 8.28. The maximum atomic E-state index is 2.29. The Kier molecular flexibility index (Phi) is 1.90. The molecule has 0 nitrogen and oxygen atoms in total. The third-order valence-electron chi connectivity index (χ3n) is 4.20. The van der Waals surface area contributed by atoms with E-state index >= 15 is 0 Å². The van der Waals surface area contributed by atoms with Crippen LogP contribution in [-0.2, 0) is 0 Å². The Hall–Kier alpha value is -0.0400. The Bertz CT molecular complexity index is 253. The second-order valence-corrected chi connectivity index (χ2v) is 6.24. The van der Waals surface area contributed by atoms with Crippen molar-refractivity contribution < 1.29 is 0 Å². The van der Waals surface area contributed by atoms with Gasteiger partial charge >= 0.3 is 0 Å². The zero-order valence-corrected chi connectivity index (χ0v) is 9.15. The smallest absolute Gasteiger partial charge is 0.00984 e. The molecule has 0 amide bonds. The van der Waals surface area contributed by atoms with Gasteiger partial charge in [0.25, 0.3) is 0 Å². The predicted molar refractivity (Wildman–Crippen MR) is 61.4 cm³/mol. The highest BCUT2D eigenvalue weighted by Gasteiger charge is 2.45. The lowest BCUT2D eigenvalue weighted by Gasteiger charge is -2.50. The van der Waals surface area contributed by atoms with Crippen LogP contribution in [0.4, 0.5) is 0 Å². The summed E-state index contributed by atoms with van der Waals surface area (Å²) in [6.07, 6.45) is 7.69. The first-order valence-corrected chi connectivity index (χ1v) is 6.56. The van der Waals surface area contributed by atoms with Crippen LogP contribution in [0, 0.1) is 23.7 Å². The van der Waals surface area contributed by atoms with Crippen molar-refractivity contribution in [2.45, 2.75) is 39.0 Å². The van der Waals surface area contributed by atoms with Crippen molar-refractivity contribution in [3.05, 3.63) is 0 Å². The first-order valence-electron chi connectivity index (χ1n) is 5.68. The molecule has 0 radical (unpaired) electrons. The number of hydrogen-bond donors (Lipinski definition) is 0. The Labute approximate surface area is 84.3 Å². The summed E-state index contributed by atoms with van der Waals surface area (Å²) in [7, 11) is 2.06. The van der Waals surface area contributed by atoms with Crippen molar-refractivity contribution in [2.75, 3.05) is 0 Å². The Morgan fingerprint density at radius 1 is 1.00 bits per heavy atom. The minimum atomic E-state index is 1.01. The Morgan fingerprint density at radius 3 is 2.00 bits per heavy atom. The van der Waals surface area contributed by atoms with Crippen LogP contribution in [0.5, 0.6) is 0 Å². The summed E-state index contributed by atoms with van der Waals surface area (Å²) in [6, 6.07) is 0. The van der Waals surface area contributed by atoms with Gasteiger partial charge in [-0.2, -0.15) is 10.9 Å². The van der Waals surface area contributed by atoms with Crippen molar-refractivity contribution in [1.82, 2.24) is 0 Å². The normalized spacial score (nSPS) is 46.7. The third-order valence-corrected chi connectivity index (χ3v) is 5.37. The van der Waals surface area contributed by atoms with Gasteiger partial charge < -0.3 is 0 Å². The van der Waals surface area contributed by atoms with Crippen LogP contribution < -0.4 is 0 Å².